The Balaban J connectivity index is 2.45. The van der Waals surface area contributed by atoms with Crippen LogP contribution in [0.5, 0.6) is 0 Å². The molecule has 0 saturated heterocycles. The summed E-state index contributed by atoms with van der Waals surface area (Å²) >= 11 is 0. The molecular weight excluding hydrogens is 148 g/mol. The zero-order valence-corrected chi connectivity index (χ0v) is 6.22. The second-order valence-electron chi connectivity index (χ2n) is 3.06. The summed E-state index contributed by atoms with van der Waals surface area (Å²) in [4.78, 5) is 0. The van der Waals surface area contributed by atoms with Crippen molar-refractivity contribution in [3.63, 3.8) is 0 Å². The second kappa shape index (κ2) is 3.49. The van der Waals surface area contributed by atoms with Crippen LogP contribution >= 0.6 is 0 Å². The average molecular weight is 162 g/mol. The summed E-state index contributed by atoms with van der Waals surface area (Å²) in [6.45, 7) is -0.0127. The lowest BCUT2D eigenvalue weighted by atomic mass is 10.0. The Labute approximate surface area is 65.1 Å². The van der Waals surface area contributed by atoms with Gasteiger partial charge in [-0.05, 0) is 18.8 Å². The highest BCUT2D eigenvalue weighted by Crippen LogP contribution is 2.28. The van der Waals surface area contributed by atoms with E-state index in [1.54, 1.807) is 0 Å². The normalized spacial score (nSPS) is 44.7. The molecule has 1 saturated carbocycles. The zero-order chi connectivity index (χ0) is 8.43. The van der Waals surface area contributed by atoms with Crippen molar-refractivity contribution in [2.24, 2.45) is 5.92 Å². The van der Waals surface area contributed by atoms with Crippen LogP contribution in [0.1, 0.15) is 12.8 Å². The molecule has 1 aliphatic rings. The number of rotatable bonds is 2. The van der Waals surface area contributed by atoms with Gasteiger partial charge in [-0.1, -0.05) is 0 Å². The quantitative estimate of drug-likeness (QED) is 0.397. The van der Waals surface area contributed by atoms with E-state index in [9.17, 15) is 5.11 Å². The van der Waals surface area contributed by atoms with Crippen LogP contribution in [0.3, 0.4) is 0 Å². The third kappa shape index (κ3) is 1.70. The molecule has 4 heteroatoms. The van der Waals surface area contributed by atoms with Crippen LogP contribution in [-0.4, -0.2) is 45.3 Å². The van der Waals surface area contributed by atoms with Crippen molar-refractivity contribution in [1.82, 2.24) is 0 Å². The van der Waals surface area contributed by atoms with Crippen LogP contribution in [0.4, 0.5) is 0 Å². The predicted molar refractivity (Wildman–Crippen MR) is 37.8 cm³/mol. The molecule has 1 rings (SSSR count). The molecule has 0 unspecified atom stereocenters. The van der Waals surface area contributed by atoms with Gasteiger partial charge in [0.15, 0.2) is 0 Å². The van der Waals surface area contributed by atoms with E-state index in [0.717, 1.165) is 0 Å². The Bertz CT molecular complexity index is 128. The molecule has 4 nitrogen and oxygen atoms in total. The molecule has 11 heavy (non-hydrogen) atoms. The summed E-state index contributed by atoms with van der Waals surface area (Å²) < 4.78 is 0. The van der Waals surface area contributed by atoms with Crippen LogP contribution in [0.15, 0.2) is 0 Å². The SMILES string of the molecule is OCC[C@@H]1C[C@@H](O)[C@H](O)[C@@H]1O. The van der Waals surface area contributed by atoms with E-state index in [1.165, 1.54) is 0 Å². The van der Waals surface area contributed by atoms with Gasteiger partial charge in [0.2, 0.25) is 0 Å². The lowest BCUT2D eigenvalue weighted by Crippen LogP contribution is -2.30. The summed E-state index contributed by atoms with van der Waals surface area (Å²) in [7, 11) is 0. The fourth-order valence-corrected chi connectivity index (χ4v) is 1.55. The van der Waals surface area contributed by atoms with Gasteiger partial charge in [-0.3, -0.25) is 0 Å². The highest BCUT2D eigenvalue weighted by molar-refractivity contribution is 4.90. The first kappa shape index (κ1) is 8.93. The fourth-order valence-electron chi connectivity index (χ4n) is 1.55. The maximum Gasteiger partial charge on any atom is 0.106 e. The Hall–Kier alpha value is -0.160. The van der Waals surface area contributed by atoms with E-state index in [1.807, 2.05) is 0 Å². The van der Waals surface area contributed by atoms with Crippen molar-refractivity contribution < 1.29 is 20.4 Å². The molecule has 66 valence electrons. The molecule has 1 fully saturated rings. The highest BCUT2D eigenvalue weighted by atomic mass is 16.4. The third-order valence-electron chi connectivity index (χ3n) is 2.27. The first-order valence-corrected chi connectivity index (χ1v) is 3.82. The highest BCUT2D eigenvalue weighted by Gasteiger charge is 2.39. The summed E-state index contributed by atoms with van der Waals surface area (Å²) in [5.41, 5.74) is 0. The molecule has 4 atom stereocenters. The minimum absolute atomic E-state index is 0.0127. The number of hydrogen-bond donors (Lipinski definition) is 4. The van der Waals surface area contributed by atoms with Gasteiger partial charge >= 0.3 is 0 Å². The summed E-state index contributed by atoms with van der Waals surface area (Å²) in [6, 6.07) is 0. The maximum absolute atomic E-state index is 9.24. The van der Waals surface area contributed by atoms with Crippen molar-refractivity contribution in [2.75, 3.05) is 6.61 Å². The number of aliphatic hydroxyl groups excluding tert-OH is 4. The van der Waals surface area contributed by atoms with Crippen LogP contribution in [0, 0.1) is 5.92 Å². The lowest BCUT2D eigenvalue weighted by molar-refractivity contribution is -0.0274. The third-order valence-corrected chi connectivity index (χ3v) is 2.27. The van der Waals surface area contributed by atoms with Gasteiger partial charge in [0.25, 0.3) is 0 Å². The van der Waals surface area contributed by atoms with Crippen LogP contribution < -0.4 is 0 Å². The van der Waals surface area contributed by atoms with Gasteiger partial charge in [0.05, 0.1) is 12.2 Å². The van der Waals surface area contributed by atoms with E-state index >= 15 is 0 Å². The molecule has 0 aliphatic heterocycles. The van der Waals surface area contributed by atoms with Crippen molar-refractivity contribution >= 4 is 0 Å². The Morgan fingerprint density at radius 3 is 2.09 bits per heavy atom. The van der Waals surface area contributed by atoms with Gasteiger partial charge in [0.1, 0.15) is 6.10 Å². The Morgan fingerprint density at radius 2 is 1.73 bits per heavy atom. The minimum atomic E-state index is -1.04. The zero-order valence-electron chi connectivity index (χ0n) is 6.22. The maximum atomic E-state index is 9.24. The molecule has 0 bridgehead atoms. The molecule has 0 aromatic carbocycles. The van der Waals surface area contributed by atoms with Crippen LogP contribution in [0.2, 0.25) is 0 Å². The Morgan fingerprint density at radius 1 is 1.09 bits per heavy atom. The van der Waals surface area contributed by atoms with Crippen molar-refractivity contribution in [2.45, 2.75) is 31.2 Å². The minimum Gasteiger partial charge on any atom is -0.396 e. The first-order chi connectivity index (χ1) is 5.16. The lowest BCUT2D eigenvalue weighted by Gasteiger charge is -2.14. The van der Waals surface area contributed by atoms with Crippen molar-refractivity contribution in [1.29, 1.82) is 0 Å². The molecule has 0 aromatic rings. The standard InChI is InChI=1S/C7H14O4/c8-2-1-4-3-5(9)7(11)6(4)10/h4-11H,1-3H2/t4-,5-,6-,7+/m1/s1. The van der Waals surface area contributed by atoms with Gasteiger partial charge in [-0.2, -0.15) is 0 Å². The van der Waals surface area contributed by atoms with Gasteiger partial charge in [0, 0.05) is 6.61 Å². The average Bonchev–Trinajstić information content (AvgIpc) is 2.19. The van der Waals surface area contributed by atoms with E-state index in [4.69, 9.17) is 15.3 Å². The van der Waals surface area contributed by atoms with E-state index < -0.39 is 18.3 Å². The van der Waals surface area contributed by atoms with Gasteiger partial charge < -0.3 is 20.4 Å². The first-order valence-electron chi connectivity index (χ1n) is 3.82. The van der Waals surface area contributed by atoms with Gasteiger partial charge in [-0.15, -0.1) is 0 Å². The van der Waals surface area contributed by atoms with Crippen LogP contribution in [0.25, 0.3) is 0 Å². The summed E-state index contributed by atoms with van der Waals surface area (Å²) in [6.07, 6.45) is -1.93. The molecule has 0 spiro atoms. The van der Waals surface area contributed by atoms with Crippen molar-refractivity contribution in [3.8, 4) is 0 Å². The van der Waals surface area contributed by atoms with E-state index in [2.05, 4.69) is 0 Å². The smallest absolute Gasteiger partial charge is 0.106 e. The fraction of sp³-hybridized carbons (Fsp3) is 1.00. The summed E-state index contributed by atoms with van der Waals surface area (Å²) in [5, 5.41) is 35.9. The van der Waals surface area contributed by atoms with E-state index in [0.29, 0.717) is 12.8 Å². The van der Waals surface area contributed by atoms with E-state index in [-0.39, 0.29) is 12.5 Å². The van der Waals surface area contributed by atoms with Gasteiger partial charge in [-0.25, -0.2) is 0 Å². The molecule has 0 heterocycles. The van der Waals surface area contributed by atoms with Crippen LogP contribution in [-0.2, 0) is 0 Å². The Kier molecular flexibility index (Phi) is 2.84. The second-order valence-corrected chi connectivity index (χ2v) is 3.06. The summed E-state index contributed by atoms with van der Waals surface area (Å²) in [5.74, 6) is -0.162. The molecule has 0 radical (unpaired) electrons. The topological polar surface area (TPSA) is 80.9 Å². The molecule has 0 amide bonds. The molecule has 1 aliphatic carbocycles. The molecule has 4 N–H and O–H groups in total. The largest absolute Gasteiger partial charge is 0.396 e. The number of hydrogen-bond acceptors (Lipinski definition) is 4. The molecular formula is C7H14O4. The monoisotopic (exact) mass is 162 g/mol. The van der Waals surface area contributed by atoms with Crippen molar-refractivity contribution in [3.05, 3.63) is 0 Å². The predicted octanol–water partition coefficient (Wildman–Crippen LogP) is -1.53. The molecule has 0 aromatic heterocycles. The number of aliphatic hydroxyl groups is 4.